The van der Waals surface area contributed by atoms with Crippen LogP contribution in [-0.4, -0.2) is 27.9 Å². The molecule has 2 rings (SSSR count). The van der Waals surface area contributed by atoms with E-state index < -0.39 is 0 Å². The number of halogens is 1. The van der Waals surface area contributed by atoms with Gasteiger partial charge < -0.3 is 4.90 Å². The first-order valence-corrected chi connectivity index (χ1v) is 7.20. The second kappa shape index (κ2) is 5.34. The van der Waals surface area contributed by atoms with Gasteiger partial charge in [-0.3, -0.25) is 0 Å². The molecule has 2 heterocycles. The van der Waals surface area contributed by atoms with Gasteiger partial charge >= 0.3 is 0 Å². The van der Waals surface area contributed by atoms with E-state index in [2.05, 4.69) is 57.6 Å². The fourth-order valence-electron chi connectivity index (χ4n) is 2.18. The van der Waals surface area contributed by atoms with E-state index in [-0.39, 0.29) is 0 Å². The summed E-state index contributed by atoms with van der Waals surface area (Å²) in [4.78, 5) is 11.7. The lowest BCUT2D eigenvalue weighted by Crippen LogP contribution is -2.40. The molecule has 0 spiro atoms. The highest BCUT2D eigenvalue weighted by Gasteiger charge is 2.24. The maximum Gasteiger partial charge on any atom is 0.132 e. The Hall–Kier alpha value is -0.640. The summed E-state index contributed by atoms with van der Waals surface area (Å²) in [5, 5.41) is 0. The standard InChI is InChI=1S/C13H20BrN3/c1-9(2)12-6-13(16-8-15-12)17-5-4-11(14)10(3)7-17/h6,8-11H,4-5,7H2,1-3H3. The third-order valence-corrected chi connectivity index (χ3v) is 4.75. The largest absolute Gasteiger partial charge is 0.356 e. The molecule has 94 valence electrons. The van der Waals surface area contributed by atoms with Crippen LogP contribution in [0.2, 0.25) is 0 Å². The molecule has 0 radical (unpaired) electrons. The van der Waals surface area contributed by atoms with Crippen molar-refractivity contribution >= 4 is 21.7 Å². The fourth-order valence-corrected chi connectivity index (χ4v) is 2.55. The van der Waals surface area contributed by atoms with Crippen molar-refractivity contribution in [1.82, 2.24) is 9.97 Å². The molecule has 0 aliphatic carbocycles. The molecule has 0 amide bonds. The van der Waals surface area contributed by atoms with E-state index in [4.69, 9.17) is 0 Å². The predicted octanol–water partition coefficient (Wildman–Crippen LogP) is 3.21. The average molecular weight is 298 g/mol. The molecular weight excluding hydrogens is 278 g/mol. The normalized spacial score (nSPS) is 25.4. The van der Waals surface area contributed by atoms with Crippen LogP contribution >= 0.6 is 15.9 Å². The molecule has 1 aliphatic rings. The first kappa shape index (κ1) is 12.8. The van der Waals surface area contributed by atoms with Gasteiger partial charge in [0.2, 0.25) is 0 Å². The Morgan fingerprint density at radius 2 is 2.18 bits per heavy atom. The molecule has 0 saturated carbocycles. The highest BCUT2D eigenvalue weighted by atomic mass is 79.9. The first-order valence-electron chi connectivity index (χ1n) is 6.29. The number of rotatable bonds is 2. The van der Waals surface area contributed by atoms with Crippen LogP contribution in [0.25, 0.3) is 0 Å². The van der Waals surface area contributed by atoms with Crippen molar-refractivity contribution in [1.29, 1.82) is 0 Å². The molecule has 1 aliphatic heterocycles. The summed E-state index contributed by atoms with van der Waals surface area (Å²) < 4.78 is 0. The zero-order valence-electron chi connectivity index (χ0n) is 10.7. The molecule has 1 saturated heterocycles. The van der Waals surface area contributed by atoms with Gasteiger partial charge in [0, 0.05) is 29.7 Å². The topological polar surface area (TPSA) is 29.0 Å². The zero-order chi connectivity index (χ0) is 12.4. The summed E-state index contributed by atoms with van der Waals surface area (Å²) in [5.41, 5.74) is 1.13. The molecule has 3 nitrogen and oxygen atoms in total. The Balaban J connectivity index is 2.14. The minimum absolute atomic E-state index is 0.461. The summed E-state index contributed by atoms with van der Waals surface area (Å²) >= 11 is 3.73. The van der Waals surface area contributed by atoms with E-state index in [9.17, 15) is 0 Å². The smallest absolute Gasteiger partial charge is 0.132 e. The molecule has 2 unspecified atom stereocenters. The summed E-state index contributed by atoms with van der Waals surface area (Å²) in [6, 6.07) is 2.13. The van der Waals surface area contributed by atoms with Crippen LogP contribution in [-0.2, 0) is 0 Å². The van der Waals surface area contributed by atoms with Crippen LogP contribution < -0.4 is 4.90 Å². The summed E-state index contributed by atoms with van der Waals surface area (Å²) in [6.45, 7) is 8.77. The number of anilines is 1. The van der Waals surface area contributed by atoms with Gasteiger partial charge in [-0.2, -0.15) is 0 Å². The molecule has 4 heteroatoms. The van der Waals surface area contributed by atoms with E-state index >= 15 is 0 Å². The molecule has 0 bridgehead atoms. The number of nitrogens with zero attached hydrogens (tertiary/aromatic N) is 3. The lowest BCUT2D eigenvalue weighted by atomic mass is 10.00. The molecule has 1 aromatic rings. The SMILES string of the molecule is CC(C)c1cc(N2CCC(Br)C(C)C2)ncn1. The Morgan fingerprint density at radius 1 is 1.41 bits per heavy atom. The van der Waals surface area contributed by atoms with Crippen LogP contribution in [0.15, 0.2) is 12.4 Å². The van der Waals surface area contributed by atoms with Crippen molar-refractivity contribution in [2.24, 2.45) is 5.92 Å². The van der Waals surface area contributed by atoms with E-state index in [0.717, 1.165) is 24.6 Å². The minimum Gasteiger partial charge on any atom is -0.356 e. The predicted molar refractivity (Wildman–Crippen MR) is 74.8 cm³/mol. The van der Waals surface area contributed by atoms with Crippen molar-refractivity contribution < 1.29 is 0 Å². The number of piperidine rings is 1. The quantitative estimate of drug-likeness (QED) is 0.785. The molecule has 1 aromatic heterocycles. The maximum atomic E-state index is 4.40. The second-order valence-electron chi connectivity index (χ2n) is 5.18. The minimum atomic E-state index is 0.461. The highest BCUT2D eigenvalue weighted by Crippen LogP contribution is 2.27. The van der Waals surface area contributed by atoms with Gasteiger partial charge in [0.15, 0.2) is 0 Å². The Kier molecular flexibility index (Phi) is 4.02. The summed E-state index contributed by atoms with van der Waals surface area (Å²) in [6.07, 6.45) is 2.87. The van der Waals surface area contributed by atoms with Gasteiger partial charge in [-0.1, -0.05) is 36.7 Å². The Morgan fingerprint density at radius 3 is 2.82 bits per heavy atom. The summed E-state index contributed by atoms with van der Waals surface area (Å²) in [7, 11) is 0. The molecule has 0 N–H and O–H groups in total. The number of hydrogen-bond acceptors (Lipinski definition) is 3. The fraction of sp³-hybridized carbons (Fsp3) is 0.692. The monoisotopic (exact) mass is 297 g/mol. The van der Waals surface area contributed by atoms with Gasteiger partial charge in [-0.15, -0.1) is 0 Å². The van der Waals surface area contributed by atoms with Crippen LogP contribution in [0.1, 0.15) is 38.8 Å². The third kappa shape index (κ3) is 2.97. The van der Waals surface area contributed by atoms with Gasteiger partial charge in [0.05, 0.1) is 0 Å². The Labute approximate surface area is 112 Å². The van der Waals surface area contributed by atoms with Crippen LogP contribution in [0, 0.1) is 5.92 Å². The third-order valence-electron chi connectivity index (χ3n) is 3.39. The van der Waals surface area contributed by atoms with Gasteiger partial charge in [-0.05, 0) is 18.3 Å². The van der Waals surface area contributed by atoms with Crippen molar-refractivity contribution in [2.75, 3.05) is 18.0 Å². The van der Waals surface area contributed by atoms with E-state index in [0.29, 0.717) is 16.7 Å². The molecule has 17 heavy (non-hydrogen) atoms. The maximum absolute atomic E-state index is 4.40. The van der Waals surface area contributed by atoms with Crippen molar-refractivity contribution in [3.63, 3.8) is 0 Å². The van der Waals surface area contributed by atoms with Gasteiger partial charge in [0.25, 0.3) is 0 Å². The molecule has 2 atom stereocenters. The summed E-state index contributed by atoms with van der Waals surface area (Å²) in [5.74, 6) is 2.21. The molecule has 1 fully saturated rings. The van der Waals surface area contributed by atoms with E-state index in [1.54, 1.807) is 6.33 Å². The van der Waals surface area contributed by atoms with E-state index in [1.807, 2.05) is 0 Å². The van der Waals surface area contributed by atoms with E-state index in [1.165, 1.54) is 6.42 Å². The lowest BCUT2D eigenvalue weighted by Gasteiger charge is -2.35. The Bertz CT molecular complexity index is 381. The van der Waals surface area contributed by atoms with Crippen LogP contribution in [0.4, 0.5) is 5.82 Å². The van der Waals surface area contributed by atoms with Gasteiger partial charge in [0.1, 0.15) is 12.1 Å². The van der Waals surface area contributed by atoms with Crippen molar-refractivity contribution in [2.45, 2.75) is 37.9 Å². The lowest BCUT2D eigenvalue weighted by molar-refractivity contribution is 0.463. The van der Waals surface area contributed by atoms with Crippen LogP contribution in [0.3, 0.4) is 0 Å². The average Bonchev–Trinajstić information content (AvgIpc) is 2.33. The molecular formula is C13H20BrN3. The first-order chi connectivity index (χ1) is 8.08. The van der Waals surface area contributed by atoms with Gasteiger partial charge in [-0.25, -0.2) is 9.97 Å². The van der Waals surface area contributed by atoms with Crippen LogP contribution in [0.5, 0.6) is 0 Å². The van der Waals surface area contributed by atoms with Crippen molar-refractivity contribution in [3.05, 3.63) is 18.1 Å². The number of alkyl halides is 1. The number of hydrogen-bond donors (Lipinski definition) is 0. The van der Waals surface area contributed by atoms with Crippen molar-refractivity contribution in [3.8, 4) is 0 Å². The number of aromatic nitrogens is 2. The second-order valence-corrected chi connectivity index (χ2v) is 6.36. The zero-order valence-corrected chi connectivity index (χ0v) is 12.3. The highest BCUT2D eigenvalue weighted by molar-refractivity contribution is 9.09. The molecule has 0 aromatic carbocycles.